The van der Waals surface area contributed by atoms with E-state index in [2.05, 4.69) is 32.1 Å². The second-order valence-electron chi connectivity index (χ2n) is 8.84. The maximum absolute atomic E-state index is 13.7. The zero-order valence-corrected chi connectivity index (χ0v) is 18.9. The van der Waals surface area contributed by atoms with Crippen molar-refractivity contribution in [1.82, 2.24) is 32.1 Å². The Labute approximate surface area is 195 Å². The van der Waals surface area contributed by atoms with E-state index in [-0.39, 0.29) is 5.56 Å². The molecule has 3 aliphatic rings. The van der Waals surface area contributed by atoms with Crippen LogP contribution >= 0.6 is 0 Å². The summed E-state index contributed by atoms with van der Waals surface area (Å²) in [5, 5.41) is 8.67. The van der Waals surface area contributed by atoms with Gasteiger partial charge in [0.25, 0.3) is 0 Å². The highest BCUT2D eigenvalue weighted by Crippen LogP contribution is 2.41. The SMILES string of the molecule is NS(=O)(=O)c1c(C(F)(F)F)ccc(-c2ccc(C3CN(C4CCNC4)C3)cc2)c1C1NNNN1. The van der Waals surface area contributed by atoms with Gasteiger partial charge in [0.15, 0.2) is 0 Å². The topological polar surface area (TPSA) is 124 Å². The monoisotopic (exact) mass is 497 g/mol. The summed E-state index contributed by atoms with van der Waals surface area (Å²) in [4.78, 5) is 1.50. The lowest BCUT2D eigenvalue weighted by molar-refractivity contribution is -0.140. The number of nitrogens with zero attached hydrogens (tertiary/aromatic N) is 1. The molecule has 9 nitrogen and oxygen atoms in total. The highest BCUT2D eigenvalue weighted by atomic mass is 32.2. The van der Waals surface area contributed by atoms with Crippen molar-refractivity contribution in [3.05, 3.63) is 53.1 Å². The molecule has 5 rings (SSSR count). The largest absolute Gasteiger partial charge is 0.417 e. The molecule has 1 unspecified atom stereocenters. The average molecular weight is 498 g/mol. The first kappa shape index (κ1) is 23.6. The second kappa shape index (κ2) is 8.84. The van der Waals surface area contributed by atoms with Gasteiger partial charge in [0.2, 0.25) is 10.0 Å². The van der Waals surface area contributed by atoms with Crippen LogP contribution in [0, 0.1) is 0 Å². The Balaban J connectivity index is 1.50. The molecule has 34 heavy (non-hydrogen) atoms. The smallest absolute Gasteiger partial charge is 0.315 e. The Morgan fingerprint density at radius 1 is 1.00 bits per heavy atom. The first-order valence-electron chi connectivity index (χ1n) is 11.0. The van der Waals surface area contributed by atoms with Gasteiger partial charge in [-0.05, 0) is 35.7 Å². The third-order valence-corrected chi connectivity index (χ3v) is 7.73. The number of nitrogens with two attached hydrogens (primary N) is 1. The number of hydrogen-bond acceptors (Lipinski definition) is 8. The minimum atomic E-state index is -4.90. The first-order chi connectivity index (χ1) is 16.1. The van der Waals surface area contributed by atoms with Crippen molar-refractivity contribution in [2.45, 2.75) is 35.6 Å². The van der Waals surface area contributed by atoms with Crippen LogP contribution in [0.4, 0.5) is 13.2 Å². The summed E-state index contributed by atoms with van der Waals surface area (Å²) >= 11 is 0. The molecule has 1 atom stereocenters. The van der Waals surface area contributed by atoms with Crippen LogP contribution in [0.25, 0.3) is 11.1 Å². The molecule has 3 aliphatic heterocycles. The fourth-order valence-corrected chi connectivity index (χ4v) is 6.00. The Morgan fingerprint density at radius 3 is 2.24 bits per heavy atom. The molecule has 184 valence electrons. The third-order valence-electron chi connectivity index (χ3n) is 6.72. The van der Waals surface area contributed by atoms with Gasteiger partial charge in [-0.3, -0.25) is 4.90 Å². The summed E-state index contributed by atoms with van der Waals surface area (Å²) < 4.78 is 65.9. The highest BCUT2D eigenvalue weighted by molar-refractivity contribution is 7.89. The van der Waals surface area contributed by atoms with Crippen LogP contribution in [0.3, 0.4) is 0 Å². The molecule has 3 fully saturated rings. The van der Waals surface area contributed by atoms with Crippen LogP contribution < -0.4 is 32.4 Å². The van der Waals surface area contributed by atoms with E-state index in [1.165, 1.54) is 6.07 Å². The molecule has 0 amide bonds. The fraction of sp³-hybridized carbons (Fsp3) is 0.429. The van der Waals surface area contributed by atoms with Gasteiger partial charge in [-0.25, -0.2) is 24.4 Å². The predicted octanol–water partition coefficient (Wildman–Crippen LogP) is 0.897. The van der Waals surface area contributed by atoms with Crippen molar-refractivity contribution in [1.29, 1.82) is 0 Å². The first-order valence-corrected chi connectivity index (χ1v) is 12.5. The molecule has 3 saturated heterocycles. The van der Waals surface area contributed by atoms with Crippen molar-refractivity contribution < 1.29 is 21.6 Å². The van der Waals surface area contributed by atoms with Gasteiger partial charge in [0, 0.05) is 37.2 Å². The number of rotatable bonds is 5. The number of hydrazine groups is 3. The van der Waals surface area contributed by atoms with Gasteiger partial charge >= 0.3 is 6.18 Å². The summed E-state index contributed by atoms with van der Waals surface area (Å²) in [6, 6.07) is 10.1. The maximum Gasteiger partial charge on any atom is 0.417 e. The van der Waals surface area contributed by atoms with Crippen LogP contribution in [0.15, 0.2) is 41.3 Å². The van der Waals surface area contributed by atoms with E-state index in [1.54, 1.807) is 0 Å². The number of primary sulfonamides is 1. The molecular formula is C21H26F3N7O2S. The van der Waals surface area contributed by atoms with Crippen LogP contribution in [0.5, 0.6) is 0 Å². The minimum absolute atomic E-state index is 0.119. The number of benzene rings is 2. The van der Waals surface area contributed by atoms with Gasteiger partial charge in [0.1, 0.15) is 11.1 Å². The molecule has 2 aromatic carbocycles. The minimum Gasteiger partial charge on any atom is -0.315 e. The van der Waals surface area contributed by atoms with Gasteiger partial charge in [-0.2, -0.15) is 24.2 Å². The van der Waals surface area contributed by atoms with Crippen molar-refractivity contribution in [3.8, 4) is 11.1 Å². The van der Waals surface area contributed by atoms with Gasteiger partial charge in [0.05, 0.1) is 5.56 Å². The molecule has 2 aromatic rings. The zero-order valence-electron chi connectivity index (χ0n) is 18.1. The van der Waals surface area contributed by atoms with Crippen molar-refractivity contribution in [2.75, 3.05) is 26.2 Å². The number of alkyl halides is 3. The Kier molecular flexibility index (Phi) is 6.14. The van der Waals surface area contributed by atoms with Crippen LogP contribution in [0.1, 0.15) is 35.2 Å². The summed E-state index contributed by atoms with van der Waals surface area (Å²) in [6.45, 7) is 4.01. The van der Waals surface area contributed by atoms with Crippen molar-refractivity contribution >= 4 is 10.0 Å². The van der Waals surface area contributed by atoms with Crippen molar-refractivity contribution in [3.63, 3.8) is 0 Å². The van der Waals surface area contributed by atoms with Gasteiger partial charge < -0.3 is 5.32 Å². The Morgan fingerprint density at radius 2 is 1.68 bits per heavy atom. The standard InChI is InChI=1S/C21H26F3N7O2S/c22-21(23,24)17-6-5-16(18(19(17)34(25,32)33)20-27-29-30-28-20)13-3-1-12(2-4-13)14-10-31(11-14)15-7-8-26-9-15/h1-6,14-15,20,26-30H,7-11H2,(H2,25,32,33). The molecule has 13 heteroatoms. The number of hydrogen-bond donors (Lipinski definition) is 6. The van der Waals surface area contributed by atoms with Crippen LogP contribution in [-0.4, -0.2) is 45.5 Å². The quantitative estimate of drug-likeness (QED) is 0.360. The number of halogens is 3. The summed E-state index contributed by atoms with van der Waals surface area (Å²) in [7, 11) is -4.71. The fourth-order valence-electron chi connectivity index (χ4n) is 4.97. The highest BCUT2D eigenvalue weighted by Gasteiger charge is 2.41. The van der Waals surface area contributed by atoms with E-state index in [0.717, 1.165) is 44.2 Å². The molecule has 0 aromatic heterocycles. The molecule has 0 saturated carbocycles. The van der Waals surface area contributed by atoms with E-state index in [0.29, 0.717) is 23.1 Å². The van der Waals surface area contributed by atoms with E-state index in [4.69, 9.17) is 5.14 Å². The molecule has 7 N–H and O–H groups in total. The lowest BCUT2D eigenvalue weighted by Gasteiger charge is -2.43. The number of likely N-dealkylation sites (tertiary alicyclic amines) is 1. The lowest BCUT2D eigenvalue weighted by atomic mass is 9.88. The van der Waals surface area contributed by atoms with E-state index < -0.39 is 32.8 Å². The third kappa shape index (κ3) is 4.45. The molecule has 0 spiro atoms. The summed E-state index contributed by atoms with van der Waals surface area (Å²) in [5.74, 6) is 0.397. The summed E-state index contributed by atoms with van der Waals surface area (Å²) in [5.41, 5.74) is 11.0. The normalized spacial score (nSPS) is 22.9. The second-order valence-corrected chi connectivity index (χ2v) is 10.3. The lowest BCUT2D eigenvalue weighted by Crippen LogP contribution is -2.51. The van der Waals surface area contributed by atoms with Crippen LogP contribution in [-0.2, 0) is 16.2 Å². The maximum atomic E-state index is 13.7. The van der Waals surface area contributed by atoms with E-state index >= 15 is 0 Å². The van der Waals surface area contributed by atoms with Gasteiger partial charge in [-0.15, -0.1) is 0 Å². The van der Waals surface area contributed by atoms with E-state index in [9.17, 15) is 21.6 Å². The average Bonchev–Trinajstić information content (AvgIpc) is 3.45. The van der Waals surface area contributed by atoms with E-state index in [1.807, 2.05) is 24.3 Å². The predicted molar refractivity (Wildman–Crippen MR) is 119 cm³/mol. The Hall–Kier alpha value is -2.10. The summed E-state index contributed by atoms with van der Waals surface area (Å²) in [6.07, 6.45) is -4.73. The zero-order chi connectivity index (χ0) is 24.1. The number of sulfonamides is 1. The van der Waals surface area contributed by atoms with Crippen molar-refractivity contribution in [2.24, 2.45) is 5.14 Å². The molecule has 0 aliphatic carbocycles. The van der Waals surface area contributed by atoms with Gasteiger partial charge in [-0.1, -0.05) is 30.3 Å². The molecule has 3 heterocycles. The Bertz CT molecular complexity index is 1160. The number of nitrogens with one attached hydrogen (secondary N) is 5. The molecular weight excluding hydrogens is 471 g/mol. The molecule has 0 bridgehead atoms. The van der Waals surface area contributed by atoms with Crippen LogP contribution in [0.2, 0.25) is 0 Å². The molecule has 0 radical (unpaired) electrons.